The smallest absolute Gasteiger partial charge is 0.319 e. The average Bonchev–Trinajstić information content (AvgIpc) is 2.76. The number of rotatable bonds is 3. The highest BCUT2D eigenvalue weighted by molar-refractivity contribution is 6.07. The molecule has 124 valence electrons. The van der Waals surface area contributed by atoms with E-state index in [1.807, 2.05) is 31.2 Å². The number of nitrogens with zero attached hydrogens (tertiary/aromatic N) is 1. The molecule has 1 atom stereocenters. The highest BCUT2D eigenvalue weighted by Crippen LogP contribution is 2.30. The van der Waals surface area contributed by atoms with Gasteiger partial charge in [0.25, 0.3) is 5.91 Å². The molecule has 1 fully saturated rings. The molecule has 1 heterocycles. The predicted octanol–water partition coefficient (Wildman–Crippen LogP) is 3.24. The van der Waals surface area contributed by atoms with E-state index < -0.39 is 29.1 Å². The second-order valence-corrected chi connectivity index (χ2v) is 6.00. The first-order valence-electron chi connectivity index (χ1n) is 7.47. The molecule has 6 heteroatoms. The van der Waals surface area contributed by atoms with Gasteiger partial charge in [0.1, 0.15) is 5.54 Å². The maximum absolute atomic E-state index is 13.5. The summed E-state index contributed by atoms with van der Waals surface area (Å²) in [6.07, 6.45) is 0. The van der Waals surface area contributed by atoms with E-state index in [-0.39, 0.29) is 12.1 Å². The van der Waals surface area contributed by atoms with Crippen molar-refractivity contribution in [3.63, 3.8) is 0 Å². The average molecular weight is 330 g/mol. The summed E-state index contributed by atoms with van der Waals surface area (Å²) in [5.41, 5.74) is 0.580. The minimum absolute atomic E-state index is 0.122. The number of benzene rings is 2. The molecule has 3 rings (SSSR count). The number of hydrogen-bond acceptors (Lipinski definition) is 2. The number of carbonyl (C=O) groups is 2. The summed E-state index contributed by atoms with van der Waals surface area (Å²) in [4.78, 5) is 26.1. The van der Waals surface area contributed by atoms with Gasteiger partial charge in [0.05, 0.1) is 6.54 Å². The molecule has 2 aromatic rings. The molecule has 0 radical (unpaired) electrons. The number of imide groups is 1. The first-order valence-corrected chi connectivity index (χ1v) is 7.47. The maximum Gasteiger partial charge on any atom is 0.325 e. The minimum atomic E-state index is -1.42. The fourth-order valence-corrected chi connectivity index (χ4v) is 2.80. The molecule has 24 heavy (non-hydrogen) atoms. The minimum Gasteiger partial charge on any atom is -0.319 e. The molecule has 1 aliphatic heterocycles. The molecular weight excluding hydrogens is 314 g/mol. The molecule has 0 bridgehead atoms. The standard InChI is InChI=1S/C18H16F2N2O2/c1-11-5-3-4-6-12(11)10-22-16(23)18(2,21-17(22)24)13-7-8-14(19)15(20)9-13/h3-9H,10H2,1-2H3,(H,21,24). The van der Waals surface area contributed by atoms with Crippen molar-refractivity contribution in [1.82, 2.24) is 10.2 Å². The Morgan fingerprint density at radius 3 is 2.46 bits per heavy atom. The molecule has 3 amide bonds. The summed E-state index contributed by atoms with van der Waals surface area (Å²) in [6, 6.07) is 10.0. The Morgan fingerprint density at radius 1 is 1.08 bits per heavy atom. The number of carbonyl (C=O) groups excluding carboxylic acids is 2. The number of urea groups is 1. The van der Waals surface area contributed by atoms with Gasteiger partial charge in [-0.1, -0.05) is 30.3 Å². The van der Waals surface area contributed by atoms with Crippen LogP contribution in [0.3, 0.4) is 0 Å². The first kappa shape index (κ1) is 16.1. The van der Waals surface area contributed by atoms with Crippen LogP contribution >= 0.6 is 0 Å². The largest absolute Gasteiger partial charge is 0.325 e. The fourth-order valence-electron chi connectivity index (χ4n) is 2.80. The first-order chi connectivity index (χ1) is 11.3. The van der Waals surface area contributed by atoms with E-state index in [4.69, 9.17) is 0 Å². The van der Waals surface area contributed by atoms with Crippen LogP contribution in [0.5, 0.6) is 0 Å². The third-order valence-electron chi connectivity index (χ3n) is 4.36. The highest BCUT2D eigenvalue weighted by atomic mass is 19.2. The zero-order chi connectivity index (χ0) is 17.5. The van der Waals surface area contributed by atoms with Crippen LogP contribution in [0.2, 0.25) is 0 Å². The molecule has 0 spiro atoms. The lowest BCUT2D eigenvalue weighted by Crippen LogP contribution is -2.41. The Balaban J connectivity index is 1.93. The van der Waals surface area contributed by atoms with Crippen LogP contribution in [0.25, 0.3) is 0 Å². The molecule has 1 aliphatic rings. The van der Waals surface area contributed by atoms with Gasteiger partial charge in [0.15, 0.2) is 11.6 Å². The lowest BCUT2D eigenvalue weighted by Gasteiger charge is -2.22. The number of hydrogen-bond donors (Lipinski definition) is 1. The van der Waals surface area contributed by atoms with Gasteiger partial charge >= 0.3 is 6.03 Å². The van der Waals surface area contributed by atoms with Crippen molar-refractivity contribution in [2.75, 3.05) is 0 Å². The molecule has 1 saturated heterocycles. The Labute approximate surface area is 138 Å². The Kier molecular flexibility index (Phi) is 3.83. The number of amides is 3. The van der Waals surface area contributed by atoms with E-state index >= 15 is 0 Å². The van der Waals surface area contributed by atoms with Gasteiger partial charge in [-0.05, 0) is 42.7 Å². The van der Waals surface area contributed by atoms with E-state index in [1.54, 1.807) is 0 Å². The Morgan fingerprint density at radius 2 is 1.79 bits per heavy atom. The monoisotopic (exact) mass is 330 g/mol. The Hall–Kier alpha value is -2.76. The molecule has 1 N–H and O–H groups in total. The molecule has 0 saturated carbocycles. The van der Waals surface area contributed by atoms with Crippen molar-refractivity contribution >= 4 is 11.9 Å². The lowest BCUT2D eigenvalue weighted by molar-refractivity contribution is -0.131. The summed E-state index contributed by atoms with van der Waals surface area (Å²) in [5.74, 6) is -2.56. The fraction of sp³-hybridized carbons (Fsp3) is 0.222. The number of aryl methyl sites for hydroxylation is 1. The highest BCUT2D eigenvalue weighted by Gasteiger charge is 2.49. The summed E-state index contributed by atoms with van der Waals surface area (Å²) in [7, 11) is 0. The van der Waals surface area contributed by atoms with Gasteiger partial charge in [-0.3, -0.25) is 9.69 Å². The second kappa shape index (κ2) is 5.70. The third kappa shape index (κ3) is 2.54. The molecule has 1 unspecified atom stereocenters. The zero-order valence-corrected chi connectivity index (χ0v) is 13.3. The predicted molar refractivity (Wildman–Crippen MR) is 84.0 cm³/mol. The van der Waals surface area contributed by atoms with Crippen molar-refractivity contribution < 1.29 is 18.4 Å². The maximum atomic E-state index is 13.5. The summed E-state index contributed by atoms with van der Waals surface area (Å²) >= 11 is 0. The molecule has 0 aromatic heterocycles. The van der Waals surface area contributed by atoms with Crippen molar-refractivity contribution in [1.29, 1.82) is 0 Å². The molecule has 4 nitrogen and oxygen atoms in total. The van der Waals surface area contributed by atoms with Crippen molar-refractivity contribution in [3.8, 4) is 0 Å². The van der Waals surface area contributed by atoms with E-state index in [2.05, 4.69) is 5.32 Å². The zero-order valence-electron chi connectivity index (χ0n) is 13.3. The van der Waals surface area contributed by atoms with Gasteiger partial charge < -0.3 is 5.32 Å². The number of nitrogens with one attached hydrogen (secondary N) is 1. The van der Waals surface area contributed by atoms with Gasteiger partial charge in [-0.15, -0.1) is 0 Å². The van der Waals surface area contributed by atoms with Crippen LogP contribution < -0.4 is 5.32 Å². The third-order valence-corrected chi connectivity index (χ3v) is 4.36. The summed E-state index contributed by atoms with van der Waals surface area (Å²) < 4.78 is 26.6. The summed E-state index contributed by atoms with van der Waals surface area (Å²) in [5, 5.41) is 2.58. The van der Waals surface area contributed by atoms with E-state index in [0.29, 0.717) is 0 Å². The van der Waals surface area contributed by atoms with Crippen LogP contribution in [0.15, 0.2) is 42.5 Å². The van der Waals surface area contributed by atoms with Gasteiger partial charge in [0, 0.05) is 0 Å². The Bertz CT molecular complexity index is 838. The van der Waals surface area contributed by atoms with E-state index in [0.717, 1.165) is 28.2 Å². The molecular formula is C18H16F2N2O2. The van der Waals surface area contributed by atoms with Gasteiger partial charge in [0.2, 0.25) is 0 Å². The summed E-state index contributed by atoms with van der Waals surface area (Å²) in [6.45, 7) is 3.50. The van der Waals surface area contributed by atoms with E-state index in [1.165, 1.54) is 13.0 Å². The topological polar surface area (TPSA) is 49.4 Å². The quantitative estimate of drug-likeness (QED) is 0.879. The van der Waals surface area contributed by atoms with Crippen LogP contribution in [0, 0.1) is 18.6 Å². The van der Waals surface area contributed by atoms with E-state index in [9.17, 15) is 18.4 Å². The van der Waals surface area contributed by atoms with Gasteiger partial charge in [-0.25, -0.2) is 13.6 Å². The van der Waals surface area contributed by atoms with Crippen LogP contribution in [0.4, 0.5) is 13.6 Å². The van der Waals surface area contributed by atoms with Crippen molar-refractivity contribution in [2.24, 2.45) is 0 Å². The van der Waals surface area contributed by atoms with Crippen LogP contribution in [-0.4, -0.2) is 16.8 Å². The van der Waals surface area contributed by atoms with Crippen LogP contribution in [-0.2, 0) is 16.9 Å². The lowest BCUT2D eigenvalue weighted by atomic mass is 9.92. The normalized spacial score (nSPS) is 20.4. The van der Waals surface area contributed by atoms with Crippen LogP contribution in [0.1, 0.15) is 23.6 Å². The molecule has 0 aliphatic carbocycles. The van der Waals surface area contributed by atoms with Crippen molar-refractivity contribution in [3.05, 3.63) is 70.8 Å². The second-order valence-electron chi connectivity index (χ2n) is 6.00. The van der Waals surface area contributed by atoms with Crippen molar-refractivity contribution in [2.45, 2.75) is 25.9 Å². The number of halogens is 2. The molecule has 2 aromatic carbocycles. The van der Waals surface area contributed by atoms with Gasteiger partial charge in [-0.2, -0.15) is 0 Å². The SMILES string of the molecule is Cc1ccccc1CN1C(=O)NC(C)(c2ccc(F)c(F)c2)C1=O.